The second kappa shape index (κ2) is 8.48. The molecule has 0 saturated carbocycles. The van der Waals surface area contributed by atoms with E-state index in [9.17, 15) is 13.2 Å². The van der Waals surface area contributed by atoms with Crippen molar-refractivity contribution in [2.45, 2.75) is 36.9 Å². The number of piperidine rings is 1. The molecule has 8 nitrogen and oxygen atoms in total. The van der Waals surface area contributed by atoms with E-state index in [-0.39, 0.29) is 29.3 Å². The van der Waals surface area contributed by atoms with E-state index in [4.69, 9.17) is 0 Å². The van der Waals surface area contributed by atoms with Crippen molar-refractivity contribution >= 4 is 15.9 Å². The fourth-order valence-corrected chi connectivity index (χ4v) is 6.36. The summed E-state index contributed by atoms with van der Waals surface area (Å²) in [4.78, 5) is 15.4. The smallest absolute Gasteiger partial charge is 0.243 e. The molecule has 9 heteroatoms. The fraction of sp³-hybridized carbons (Fsp3) is 0.348. The van der Waals surface area contributed by atoms with Gasteiger partial charge in [-0.1, -0.05) is 48.5 Å². The van der Waals surface area contributed by atoms with Crippen LogP contribution in [-0.2, 0) is 27.9 Å². The van der Waals surface area contributed by atoms with Crippen molar-refractivity contribution in [2.24, 2.45) is 5.92 Å². The number of rotatable bonds is 4. The molecule has 0 N–H and O–H groups in total. The van der Waals surface area contributed by atoms with Crippen LogP contribution in [0.4, 0.5) is 0 Å². The molecule has 0 bridgehead atoms. The van der Waals surface area contributed by atoms with Crippen LogP contribution in [0, 0.1) is 5.92 Å². The quantitative estimate of drug-likeness (QED) is 0.608. The number of sulfonamides is 1. The average Bonchev–Trinajstić information content (AvgIpc) is 3.32. The minimum Gasteiger partial charge on any atom is -0.333 e. The molecule has 5 rings (SSSR count). The maximum Gasteiger partial charge on any atom is 0.243 e. The summed E-state index contributed by atoms with van der Waals surface area (Å²) in [7, 11) is -3.76. The van der Waals surface area contributed by atoms with Gasteiger partial charge in [0, 0.05) is 19.6 Å². The van der Waals surface area contributed by atoms with Crippen LogP contribution in [0.1, 0.15) is 30.3 Å². The molecule has 1 fully saturated rings. The third kappa shape index (κ3) is 3.82. The van der Waals surface area contributed by atoms with Crippen LogP contribution in [0.25, 0.3) is 0 Å². The first-order valence-electron chi connectivity index (χ1n) is 10.8. The number of carbonyl (C=O) groups excluding carboxylic acids is 1. The van der Waals surface area contributed by atoms with Crippen molar-refractivity contribution in [3.05, 3.63) is 78.4 Å². The van der Waals surface area contributed by atoms with Crippen LogP contribution < -0.4 is 0 Å². The van der Waals surface area contributed by atoms with Gasteiger partial charge in [0.1, 0.15) is 6.33 Å². The van der Waals surface area contributed by atoms with Crippen LogP contribution in [0.3, 0.4) is 0 Å². The van der Waals surface area contributed by atoms with Crippen molar-refractivity contribution in [1.29, 1.82) is 0 Å². The number of amides is 1. The first-order valence-corrected chi connectivity index (χ1v) is 12.3. The van der Waals surface area contributed by atoms with Gasteiger partial charge >= 0.3 is 0 Å². The molecule has 2 aliphatic heterocycles. The molecule has 0 radical (unpaired) electrons. The van der Waals surface area contributed by atoms with Gasteiger partial charge in [-0.15, -0.1) is 10.2 Å². The summed E-state index contributed by atoms with van der Waals surface area (Å²) >= 11 is 0. The Balaban J connectivity index is 1.43. The van der Waals surface area contributed by atoms with Crippen LogP contribution in [0.15, 0.2) is 71.9 Å². The lowest BCUT2D eigenvalue weighted by Crippen LogP contribution is -2.49. The maximum absolute atomic E-state index is 13.6. The Morgan fingerprint density at radius 1 is 0.938 bits per heavy atom. The average molecular weight is 452 g/mol. The molecule has 0 spiro atoms. The Hall–Kier alpha value is -3.04. The third-order valence-corrected chi connectivity index (χ3v) is 8.26. The molecule has 3 heterocycles. The zero-order chi connectivity index (χ0) is 22.1. The van der Waals surface area contributed by atoms with Gasteiger partial charge < -0.3 is 9.47 Å². The van der Waals surface area contributed by atoms with E-state index in [0.717, 1.165) is 11.4 Å². The minimum absolute atomic E-state index is 0.0148. The van der Waals surface area contributed by atoms with E-state index in [1.54, 1.807) is 41.6 Å². The van der Waals surface area contributed by atoms with Gasteiger partial charge in [0.25, 0.3) is 0 Å². The van der Waals surface area contributed by atoms with Crippen LogP contribution in [0.5, 0.6) is 0 Å². The standard InChI is InChI=1S/C23H25N5O3S/c29-23(26-13-14-27-17-24-25-22(27)16-26)19-11-12-21(18-7-3-1-4-8-18)28(15-19)32(30,31)20-9-5-2-6-10-20/h1-10,17,19,21H,11-16H2. The highest BCUT2D eigenvalue weighted by atomic mass is 32.2. The molecule has 0 aliphatic carbocycles. The van der Waals surface area contributed by atoms with E-state index in [1.807, 2.05) is 34.9 Å². The highest BCUT2D eigenvalue weighted by Crippen LogP contribution is 2.38. The number of carbonyl (C=O) groups is 1. The van der Waals surface area contributed by atoms with E-state index in [2.05, 4.69) is 10.2 Å². The Morgan fingerprint density at radius 3 is 2.41 bits per heavy atom. The largest absolute Gasteiger partial charge is 0.333 e. The Bertz CT molecular complexity index is 1200. The van der Waals surface area contributed by atoms with Crippen LogP contribution in [-0.4, -0.2) is 51.4 Å². The van der Waals surface area contributed by atoms with Crippen molar-refractivity contribution in [3.8, 4) is 0 Å². The number of aromatic nitrogens is 3. The van der Waals surface area contributed by atoms with Crippen molar-refractivity contribution in [2.75, 3.05) is 13.1 Å². The first kappa shape index (κ1) is 20.8. The third-order valence-electron chi connectivity index (χ3n) is 6.37. The summed E-state index contributed by atoms with van der Waals surface area (Å²) in [5.74, 6) is 0.360. The monoisotopic (exact) mass is 451 g/mol. The number of hydrogen-bond acceptors (Lipinski definition) is 5. The second-order valence-electron chi connectivity index (χ2n) is 8.29. The topological polar surface area (TPSA) is 88.4 Å². The van der Waals surface area contributed by atoms with Gasteiger partial charge in [0.2, 0.25) is 15.9 Å². The molecule has 3 aromatic rings. The summed E-state index contributed by atoms with van der Waals surface area (Å²) in [6.45, 7) is 1.80. The molecule has 2 aliphatic rings. The lowest BCUT2D eigenvalue weighted by molar-refractivity contribution is -0.138. The molecule has 2 aromatic carbocycles. The predicted octanol–water partition coefficient (Wildman–Crippen LogP) is 2.46. The zero-order valence-electron chi connectivity index (χ0n) is 17.6. The predicted molar refractivity (Wildman–Crippen MR) is 118 cm³/mol. The lowest BCUT2D eigenvalue weighted by Gasteiger charge is -2.40. The molecule has 32 heavy (non-hydrogen) atoms. The first-order chi connectivity index (χ1) is 15.5. The van der Waals surface area contributed by atoms with E-state index >= 15 is 0 Å². The maximum atomic E-state index is 13.6. The van der Waals surface area contributed by atoms with Gasteiger partial charge in [-0.3, -0.25) is 4.79 Å². The lowest BCUT2D eigenvalue weighted by atomic mass is 9.90. The highest BCUT2D eigenvalue weighted by Gasteiger charge is 2.41. The summed E-state index contributed by atoms with van der Waals surface area (Å²) in [5, 5.41) is 8.01. The van der Waals surface area contributed by atoms with Gasteiger partial charge in [-0.2, -0.15) is 4.31 Å². The summed E-state index contributed by atoms with van der Waals surface area (Å²) in [5.41, 5.74) is 0.948. The Morgan fingerprint density at radius 2 is 1.66 bits per heavy atom. The molecule has 166 valence electrons. The van der Waals surface area contributed by atoms with Crippen LogP contribution in [0.2, 0.25) is 0 Å². The fourth-order valence-electron chi connectivity index (χ4n) is 4.65. The van der Waals surface area contributed by atoms with E-state index < -0.39 is 10.0 Å². The number of benzene rings is 2. The number of fused-ring (bicyclic) bond motifs is 1. The molecule has 1 saturated heterocycles. The summed E-state index contributed by atoms with van der Waals surface area (Å²) in [6.07, 6.45) is 2.91. The highest BCUT2D eigenvalue weighted by molar-refractivity contribution is 7.89. The molecular weight excluding hydrogens is 426 g/mol. The Kier molecular flexibility index (Phi) is 5.52. The van der Waals surface area contributed by atoms with Crippen molar-refractivity contribution < 1.29 is 13.2 Å². The molecule has 2 unspecified atom stereocenters. The van der Waals surface area contributed by atoms with Gasteiger partial charge in [-0.05, 0) is 30.5 Å². The minimum atomic E-state index is -3.76. The molecule has 1 amide bonds. The number of nitrogens with zero attached hydrogens (tertiary/aromatic N) is 5. The molecule has 1 aromatic heterocycles. The van der Waals surface area contributed by atoms with Gasteiger partial charge in [0.05, 0.1) is 23.4 Å². The van der Waals surface area contributed by atoms with Gasteiger partial charge in [-0.25, -0.2) is 8.42 Å². The second-order valence-corrected chi connectivity index (χ2v) is 10.2. The van der Waals surface area contributed by atoms with Crippen LogP contribution >= 0.6 is 0 Å². The van der Waals surface area contributed by atoms with E-state index in [1.165, 1.54) is 4.31 Å². The van der Waals surface area contributed by atoms with E-state index in [0.29, 0.717) is 32.5 Å². The zero-order valence-corrected chi connectivity index (χ0v) is 18.4. The molecular formula is C23H25N5O3S. The summed E-state index contributed by atoms with van der Waals surface area (Å²) < 4.78 is 30.7. The number of hydrogen-bond donors (Lipinski definition) is 0. The normalized spacial score (nSPS) is 21.8. The van der Waals surface area contributed by atoms with Crippen molar-refractivity contribution in [1.82, 2.24) is 24.0 Å². The van der Waals surface area contributed by atoms with Crippen molar-refractivity contribution in [3.63, 3.8) is 0 Å². The summed E-state index contributed by atoms with van der Waals surface area (Å²) in [6, 6.07) is 17.8. The van der Waals surface area contributed by atoms with Gasteiger partial charge in [0.15, 0.2) is 5.82 Å². The molecule has 2 atom stereocenters. The SMILES string of the molecule is O=C(C1CCC(c2ccccc2)N(S(=O)(=O)c2ccccc2)C1)N1CCn2cnnc2C1. The Labute approximate surface area is 187 Å².